The van der Waals surface area contributed by atoms with E-state index >= 15 is 0 Å². The zero-order chi connectivity index (χ0) is 15.1. The van der Waals surface area contributed by atoms with Crippen molar-refractivity contribution in [3.8, 4) is 0 Å². The van der Waals surface area contributed by atoms with Crippen molar-refractivity contribution in [3.05, 3.63) is 12.3 Å². The third-order valence-electron chi connectivity index (χ3n) is 3.44. The molecule has 0 aromatic carbocycles. The Morgan fingerprint density at radius 1 is 1.52 bits per heavy atom. The number of fused-ring (bicyclic) bond motifs is 1. The lowest BCUT2D eigenvalue weighted by atomic mass is 10.2. The van der Waals surface area contributed by atoms with Crippen molar-refractivity contribution in [3.63, 3.8) is 0 Å². The van der Waals surface area contributed by atoms with Crippen molar-refractivity contribution in [2.24, 2.45) is 5.14 Å². The maximum atomic E-state index is 11.5. The van der Waals surface area contributed by atoms with Gasteiger partial charge in [-0.15, -0.1) is 0 Å². The van der Waals surface area contributed by atoms with Gasteiger partial charge in [-0.3, -0.25) is 0 Å². The molecule has 10 heteroatoms. The molecule has 6 N–H and O–H groups in total. The highest BCUT2D eigenvalue weighted by Gasteiger charge is 2.35. The van der Waals surface area contributed by atoms with Gasteiger partial charge in [-0.25, -0.2) is 14.3 Å². The van der Waals surface area contributed by atoms with Crippen molar-refractivity contribution < 1.29 is 19.2 Å². The average molecular weight is 313 g/mol. The highest BCUT2D eigenvalue weighted by Crippen LogP contribution is 2.32. The van der Waals surface area contributed by atoms with E-state index in [-0.39, 0.29) is 17.6 Å². The number of aliphatic hydroxyl groups excluding tert-OH is 2. The number of nitrogen functional groups attached to an aromatic ring is 1. The van der Waals surface area contributed by atoms with E-state index in [1.54, 1.807) is 16.8 Å². The van der Waals surface area contributed by atoms with Gasteiger partial charge in [-0.1, -0.05) is 0 Å². The molecule has 3 heterocycles. The molecule has 0 spiro atoms. The number of aliphatic hydroxyl groups is 2. The van der Waals surface area contributed by atoms with E-state index in [4.69, 9.17) is 20.7 Å². The molecule has 1 fully saturated rings. The molecule has 0 aliphatic carbocycles. The predicted molar refractivity (Wildman–Crippen MR) is 74.2 cm³/mol. The summed E-state index contributed by atoms with van der Waals surface area (Å²) in [5.41, 5.74) is 6.04. The molecule has 1 aliphatic rings. The summed E-state index contributed by atoms with van der Waals surface area (Å²) in [6, 6.07) is 1.66. The van der Waals surface area contributed by atoms with Gasteiger partial charge in [0.1, 0.15) is 29.0 Å². The van der Waals surface area contributed by atoms with Crippen LogP contribution in [0.3, 0.4) is 0 Å². The summed E-state index contributed by atoms with van der Waals surface area (Å²) in [5.74, 6) is -0.0477. The Morgan fingerprint density at radius 3 is 2.90 bits per heavy atom. The van der Waals surface area contributed by atoms with Crippen LogP contribution < -0.4 is 10.9 Å². The molecule has 0 bridgehead atoms. The SMILES string of the molecule is Nc1nc(S(N)=O)c2ccn([C@@H]3C[C@H](O)[C@@H](CO)O3)c2n1. The zero-order valence-corrected chi connectivity index (χ0v) is 11.7. The Bertz CT molecular complexity index is 705. The number of hydrogen-bond donors (Lipinski definition) is 4. The monoisotopic (exact) mass is 313 g/mol. The van der Waals surface area contributed by atoms with Gasteiger partial charge in [0.15, 0.2) is 5.03 Å². The van der Waals surface area contributed by atoms with E-state index in [1.165, 1.54) is 0 Å². The van der Waals surface area contributed by atoms with Gasteiger partial charge in [0.05, 0.1) is 18.1 Å². The van der Waals surface area contributed by atoms with Gasteiger partial charge in [0, 0.05) is 12.6 Å². The van der Waals surface area contributed by atoms with E-state index in [9.17, 15) is 9.32 Å². The van der Waals surface area contributed by atoms with Gasteiger partial charge < -0.3 is 25.3 Å². The second-order valence-electron chi connectivity index (χ2n) is 4.76. The van der Waals surface area contributed by atoms with Crippen LogP contribution in [0, 0.1) is 0 Å². The molecule has 3 rings (SSSR count). The molecule has 2 aromatic heterocycles. The van der Waals surface area contributed by atoms with Crippen LogP contribution in [0.2, 0.25) is 0 Å². The number of anilines is 1. The fraction of sp³-hybridized carbons (Fsp3) is 0.455. The molecule has 0 radical (unpaired) electrons. The zero-order valence-electron chi connectivity index (χ0n) is 10.9. The Kier molecular flexibility index (Phi) is 3.63. The normalized spacial score (nSPS) is 27.3. The predicted octanol–water partition coefficient (Wildman–Crippen LogP) is -1.36. The third kappa shape index (κ3) is 2.40. The first-order valence-electron chi connectivity index (χ1n) is 6.26. The number of hydrogen-bond acceptors (Lipinski definition) is 7. The lowest BCUT2D eigenvalue weighted by Gasteiger charge is -2.14. The lowest BCUT2D eigenvalue weighted by molar-refractivity contribution is -0.0430. The maximum absolute atomic E-state index is 11.5. The number of rotatable bonds is 3. The van der Waals surface area contributed by atoms with Crippen LogP contribution in [0.25, 0.3) is 11.0 Å². The van der Waals surface area contributed by atoms with Crippen LogP contribution in [0.1, 0.15) is 12.6 Å². The van der Waals surface area contributed by atoms with E-state index in [0.717, 1.165) is 0 Å². The molecular formula is C11H15N5O4S. The molecule has 0 amide bonds. The molecule has 1 saturated heterocycles. The van der Waals surface area contributed by atoms with Crippen LogP contribution in [0.4, 0.5) is 5.95 Å². The highest BCUT2D eigenvalue weighted by molar-refractivity contribution is 7.82. The van der Waals surface area contributed by atoms with E-state index < -0.39 is 29.4 Å². The van der Waals surface area contributed by atoms with Gasteiger partial charge in [0.2, 0.25) is 5.95 Å². The molecular weight excluding hydrogens is 298 g/mol. The summed E-state index contributed by atoms with van der Waals surface area (Å²) in [7, 11) is -1.79. The summed E-state index contributed by atoms with van der Waals surface area (Å²) in [5, 5.41) is 25.0. The minimum atomic E-state index is -1.79. The first-order valence-corrected chi connectivity index (χ1v) is 7.47. The van der Waals surface area contributed by atoms with Crippen LogP contribution in [-0.4, -0.2) is 47.8 Å². The van der Waals surface area contributed by atoms with Gasteiger partial charge >= 0.3 is 0 Å². The summed E-state index contributed by atoms with van der Waals surface area (Å²) >= 11 is 0. The quantitative estimate of drug-likeness (QED) is 0.511. The fourth-order valence-corrected chi connectivity index (χ4v) is 3.02. The highest BCUT2D eigenvalue weighted by atomic mass is 32.2. The second kappa shape index (κ2) is 5.31. The molecule has 114 valence electrons. The Morgan fingerprint density at radius 2 is 2.29 bits per heavy atom. The van der Waals surface area contributed by atoms with Crippen molar-refractivity contribution in [2.75, 3.05) is 12.3 Å². The topological polar surface area (TPSA) is 150 Å². The molecule has 2 aromatic rings. The van der Waals surface area contributed by atoms with Crippen molar-refractivity contribution >= 4 is 28.0 Å². The smallest absolute Gasteiger partial charge is 0.223 e. The van der Waals surface area contributed by atoms with Gasteiger partial charge in [-0.05, 0) is 6.07 Å². The number of nitrogens with zero attached hydrogens (tertiary/aromatic N) is 3. The first-order chi connectivity index (χ1) is 10.0. The van der Waals surface area contributed by atoms with E-state index in [0.29, 0.717) is 17.5 Å². The summed E-state index contributed by atoms with van der Waals surface area (Å²) < 4.78 is 18.7. The summed E-state index contributed by atoms with van der Waals surface area (Å²) in [6.07, 6.45) is 0.0733. The number of nitrogens with two attached hydrogens (primary N) is 2. The molecule has 9 nitrogen and oxygen atoms in total. The maximum Gasteiger partial charge on any atom is 0.223 e. The van der Waals surface area contributed by atoms with Crippen LogP contribution in [0.5, 0.6) is 0 Å². The molecule has 21 heavy (non-hydrogen) atoms. The lowest BCUT2D eigenvalue weighted by Crippen LogP contribution is -2.24. The van der Waals surface area contributed by atoms with Gasteiger partial charge in [-0.2, -0.15) is 4.98 Å². The van der Waals surface area contributed by atoms with Crippen molar-refractivity contribution in [1.29, 1.82) is 0 Å². The van der Waals surface area contributed by atoms with Gasteiger partial charge in [0.25, 0.3) is 0 Å². The molecule has 1 aliphatic heterocycles. The van der Waals surface area contributed by atoms with Crippen molar-refractivity contribution in [1.82, 2.24) is 14.5 Å². The second-order valence-corrected chi connectivity index (χ2v) is 5.74. The van der Waals surface area contributed by atoms with Crippen LogP contribution in [-0.2, 0) is 15.7 Å². The minimum absolute atomic E-state index is 0.0477. The van der Waals surface area contributed by atoms with E-state index in [1.807, 2.05) is 0 Å². The molecule has 0 saturated carbocycles. The third-order valence-corrected chi connectivity index (χ3v) is 4.13. The average Bonchev–Trinajstić information content (AvgIpc) is 3.00. The molecule has 1 unspecified atom stereocenters. The minimum Gasteiger partial charge on any atom is -0.394 e. The fourth-order valence-electron chi connectivity index (χ4n) is 2.46. The Labute approximate surface area is 122 Å². The Hall–Kier alpha value is -1.59. The summed E-state index contributed by atoms with van der Waals surface area (Å²) in [4.78, 5) is 8.00. The number of aromatic nitrogens is 3. The first kappa shape index (κ1) is 14.4. The van der Waals surface area contributed by atoms with Crippen molar-refractivity contribution in [2.45, 2.75) is 29.9 Å². The number of ether oxygens (including phenoxy) is 1. The van der Waals surface area contributed by atoms with Crippen LogP contribution in [0.15, 0.2) is 17.3 Å². The molecule has 4 atom stereocenters. The van der Waals surface area contributed by atoms with Crippen LogP contribution >= 0.6 is 0 Å². The van der Waals surface area contributed by atoms with E-state index in [2.05, 4.69) is 9.97 Å². The Balaban J connectivity index is 2.07. The largest absolute Gasteiger partial charge is 0.394 e. The standard InChI is InChI=1S/C11H15N5O4S/c12-11-14-9-5(10(15-11)21(13)19)1-2-16(9)8-3-6(18)7(4-17)20-8/h1-2,6-8,17-18H,3-4,13H2,(H2,12,14,15)/t6-,7+,8-,21?/m0/s1. The summed E-state index contributed by atoms with van der Waals surface area (Å²) in [6.45, 7) is -0.272.